The zero-order valence-electron chi connectivity index (χ0n) is 18.1. The molecule has 2 saturated heterocycles. The fourth-order valence-corrected chi connectivity index (χ4v) is 4.33. The highest BCUT2D eigenvalue weighted by Gasteiger charge is 2.52. The number of hydrogen-bond acceptors (Lipinski definition) is 4. The van der Waals surface area contributed by atoms with Crippen LogP contribution in [0.2, 0.25) is 0 Å². The van der Waals surface area contributed by atoms with E-state index in [9.17, 15) is 14.4 Å². The summed E-state index contributed by atoms with van der Waals surface area (Å²) < 4.78 is 5.20. The van der Waals surface area contributed by atoms with Crippen LogP contribution in [-0.4, -0.2) is 53.4 Å². The van der Waals surface area contributed by atoms with Crippen LogP contribution in [0.1, 0.15) is 39.9 Å². The van der Waals surface area contributed by atoms with Gasteiger partial charge in [-0.15, -0.1) is 0 Å². The van der Waals surface area contributed by atoms with E-state index in [1.54, 1.807) is 36.3 Å². The molecular weight excluding hydrogens is 394 g/mol. The summed E-state index contributed by atoms with van der Waals surface area (Å²) in [5.41, 5.74) is 2.72. The highest BCUT2D eigenvalue weighted by atomic mass is 16.5. The van der Waals surface area contributed by atoms with Gasteiger partial charge >= 0.3 is 6.03 Å². The molecule has 4 rings (SSSR count). The summed E-state index contributed by atoms with van der Waals surface area (Å²) in [6, 6.07) is 12.7. The first-order valence-corrected chi connectivity index (χ1v) is 10.5. The van der Waals surface area contributed by atoms with Crippen LogP contribution >= 0.6 is 0 Å². The van der Waals surface area contributed by atoms with Crippen molar-refractivity contribution in [1.29, 1.82) is 0 Å². The van der Waals surface area contributed by atoms with E-state index >= 15 is 0 Å². The lowest BCUT2D eigenvalue weighted by atomic mass is 9.87. The first-order valence-electron chi connectivity index (χ1n) is 10.5. The lowest BCUT2D eigenvalue weighted by Gasteiger charge is -2.37. The molecule has 2 aliphatic heterocycles. The average molecular weight is 421 g/mol. The van der Waals surface area contributed by atoms with Crippen molar-refractivity contribution in [2.24, 2.45) is 0 Å². The maximum absolute atomic E-state index is 13.2. The Balaban J connectivity index is 1.45. The van der Waals surface area contributed by atoms with Gasteiger partial charge in [0.05, 0.1) is 13.7 Å². The molecular formula is C24H27N3O4. The fraction of sp³-hybridized carbons (Fsp3) is 0.375. The number of amides is 4. The molecule has 1 spiro atoms. The number of carbonyl (C=O) groups is 3. The van der Waals surface area contributed by atoms with E-state index in [0.717, 1.165) is 16.7 Å². The SMILES string of the molecule is COc1cccc(C(=O)N2CCC3(CC2)NC(=O)N(Cc2cc(C)ccc2C)C3=O)c1. The molecule has 7 heteroatoms. The van der Waals surface area contributed by atoms with E-state index in [-0.39, 0.29) is 24.4 Å². The topological polar surface area (TPSA) is 79.0 Å². The minimum Gasteiger partial charge on any atom is -0.497 e. The molecule has 0 aliphatic carbocycles. The van der Waals surface area contributed by atoms with Gasteiger partial charge in [-0.1, -0.05) is 29.8 Å². The third-order valence-electron chi connectivity index (χ3n) is 6.30. The van der Waals surface area contributed by atoms with E-state index in [4.69, 9.17) is 4.74 Å². The predicted molar refractivity (Wildman–Crippen MR) is 116 cm³/mol. The number of nitrogens with one attached hydrogen (secondary N) is 1. The third-order valence-corrected chi connectivity index (χ3v) is 6.30. The Hall–Kier alpha value is -3.35. The molecule has 0 unspecified atom stereocenters. The largest absolute Gasteiger partial charge is 0.497 e. The van der Waals surface area contributed by atoms with Crippen molar-refractivity contribution in [3.63, 3.8) is 0 Å². The van der Waals surface area contributed by atoms with Gasteiger partial charge < -0.3 is 15.0 Å². The third kappa shape index (κ3) is 3.87. The zero-order valence-corrected chi connectivity index (χ0v) is 18.1. The smallest absolute Gasteiger partial charge is 0.325 e. The van der Waals surface area contributed by atoms with Gasteiger partial charge in [0.25, 0.3) is 11.8 Å². The number of piperidine rings is 1. The van der Waals surface area contributed by atoms with E-state index in [2.05, 4.69) is 5.32 Å². The molecule has 1 N–H and O–H groups in total. The van der Waals surface area contributed by atoms with Crippen molar-refractivity contribution in [2.75, 3.05) is 20.2 Å². The standard InChI is InChI=1S/C24H27N3O4/c1-16-7-8-17(2)19(13-16)15-27-22(29)24(25-23(27)30)9-11-26(12-10-24)21(28)18-5-4-6-20(14-18)31-3/h4-8,13-14H,9-12,15H2,1-3H3,(H,25,30). The molecule has 2 aliphatic rings. The number of imide groups is 1. The van der Waals surface area contributed by atoms with E-state index in [1.165, 1.54) is 4.90 Å². The van der Waals surface area contributed by atoms with Crippen LogP contribution in [0.25, 0.3) is 0 Å². The van der Waals surface area contributed by atoms with E-state index in [1.807, 2.05) is 32.0 Å². The summed E-state index contributed by atoms with van der Waals surface area (Å²) in [4.78, 5) is 41.8. The molecule has 0 atom stereocenters. The Morgan fingerprint density at radius 2 is 1.84 bits per heavy atom. The molecule has 0 aromatic heterocycles. The normalized spacial score (nSPS) is 17.8. The van der Waals surface area contributed by atoms with Gasteiger partial charge in [0.2, 0.25) is 0 Å². The number of rotatable bonds is 4. The second-order valence-corrected chi connectivity index (χ2v) is 8.36. The van der Waals surface area contributed by atoms with Crippen molar-refractivity contribution in [1.82, 2.24) is 15.1 Å². The Morgan fingerprint density at radius 3 is 2.55 bits per heavy atom. The molecule has 162 valence electrons. The fourth-order valence-electron chi connectivity index (χ4n) is 4.33. The molecule has 2 aromatic rings. The highest BCUT2D eigenvalue weighted by Crippen LogP contribution is 2.31. The number of ether oxygens (including phenoxy) is 1. The van der Waals surface area contributed by atoms with Gasteiger partial charge in [-0.05, 0) is 56.0 Å². The van der Waals surface area contributed by atoms with Gasteiger partial charge in [0.15, 0.2) is 0 Å². The lowest BCUT2D eigenvalue weighted by molar-refractivity contribution is -0.133. The Morgan fingerprint density at radius 1 is 1.10 bits per heavy atom. The predicted octanol–water partition coefficient (Wildman–Crippen LogP) is 3.04. The summed E-state index contributed by atoms with van der Waals surface area (Å²) in [5, 5.41) is 2.92. The molecule has 0 saturated carbocycles. The number of likely N-dealkylation sites (tertiary alicyclic amines) is 1. The van der Waals surface area contributed by atoms with Crippen molar-refractivity contribution in [2.45, 2.75) is 38.8 Å². The number of aryl methyl sites for hydroxylation is 2. The van der Waals surface area contributed by atoms with Gasteiger partial charge in [-0.3, -0.25) is 14.5 Å². The average Bonchev–Trinajstić information content (AvgIpc) is 3.00. The molecule has 2 aromatic carbocycles. The summed E-state index contributed by atoms with van der Waals surface area (Å²) >= 11 is 0. The van der Waals surface area contributed by atoms with Crippen molar-refractivity contribution in [3.05, 3.63) is 64.7 Å². The minimum atomic E-state index is -0.931. The van der Waals surface area contributed by atoms with Gasteiger partial charge in [0, 0.05) is 18.7 Å². The highest BCUT2D eigenvalue weighted by molar-refractivity contribution is 6.07. The van der Waals surface area contributed by atoms with Crippen LogP contribution in [0.15, 0.2) is 42.5 Å². The van der Waals surface area contributed by atoms with Crippen LogP contribution < -0.4 is 10.1 Å². The van der Waals surface area contributed by atoms with Crippen LogP contribution in [0.5, 0.6) is 5.75 Å². The summed E-state index contributed by atoms with van der Waals surface area (Å²) in [6.45, 7) is 5.03. The Labute approximate surface area is 182 Å². The molecule has 2 heterocycles. The molecule has 31 heavy (non-hydrogen) atoms. The van der Waals surface area contributed by atoms with Crippen molar-refractivity contribution < 1.29 is 19.1 Å². The number of nitrogens with zero attached hydrogens (tertiary/aromatic N) is 2. The minimum absolute atomic E-state index is 0.0993. The Kier molecular flexibility index (Phi) is 5.43. The molecule has 7 nitrogen and oxygen atoms in total. The number of carbonyl (C=O) groups excluding carboxylic acids is 3. The lowest BCUT2D eigenvalue weighted by Crippen LogP contribution is -2.55. The first kappa shape index (κ1) is 20.9. The van der Waals surface area contributed by atoms with E-state index < -0.39 is 5.54 Å². The van der Waals surface area contributed by atoms with Gasteiger partial charge in [-0.25, -0.2) is 4.79 Å². The number of urea groups is 1. The molecule has 4 amide bonds. The number of hydrogen-bond donors (Lipinski definition) is 1. The van der Waals surface area contributed by atoms with Crippen LogP contribution in [0.3, 0.4) is 0 Å². The second-order valence-electron chi connectivity index (χ2n) is 8.36. The molecule has 0 radical (unpaired) electrons. The van der Waals surface area contributed by atoms with E-state index in [0.29, 0.717) is 37.2 Å². The monoisotopic (exact) mass is 421 g/mol. The molecule has 2 fully saturated rings. The maximum atomic E-state index is 13.2. The summed E-state index contributed by atoms with van der Waals surface area (Å²) in [5.74, 6) is 0.323. The summed E-state index contributed by atoms with van der Waals surface area (Å²) in [6.07, 6.45) is 0.799. The quantitative estimate of drug-likeness (QED) is 0.770. The Bertz CT molecular complexity index is 1040. The summed E-state index contributed by atoms with van der Waals surface area (Å²) in [7, 11) is 1.56. The number of methoxy groups -OCH3 is 1. The molecule has 0 bridgehead atoms. The van der Waals surface area contributed by atoms with Crippen molar-refractivity contribution in [3.8, 4) is 5.75 Å². The zero-order chi connectivity index (χ0) is 22.2. The van der Waals surface area contributed by atoms with Crippen molar-refractivity contribution >= 4 is 17.8 Å². The second kappa shape index (κ2) is 8.06. The first-order chi connectivity index (χ1) is 14.8. The maximum Gasteiger partial charge on any atom is 0.325 e. The van der Waals surface area contributed by atoms with Crippen LogP contribution in [0.4, 0.5) is 4.79 Å². The van der Waals surface area contributed by atoms with Gasteiger partial charge in [0.1, 0.15) is 11.3 Å². The van der Waals surface area contributed by atoms with Gasteiger partial charge in [-0.2, -0.15) is 0 Å². The van der Waals surface area contributed by atoms with Crippen LogP contribution in [0, 0.1) is 13.8 Å². The number of benzene rings is 2. The van der Waals surface area contributed by atoms with Crippen LogP contribution in [-0.2, 0) is 11.3 Å².